The van der Waals surface area contributed by atoms with E-state index in [4.69, 9.17) is 9.47 Å². The van der Waals surface area contributed by atoms with Crippen molar-refractivity contribution in [2.45, 2.75) is 19.7 Å². The van der Waals surface area contributed by atoms with Gasteiger partial charge >= 0.3 is 0 Å². The number of rotatable bonds is 9. The Morgan fingerprint density at radius 2 is 1.85 bits per heavy atom. The van der Waals surface area contributed by atoms with E-state index >= 15 is 0 Å². The maximum atomic E-state index is 5.69. The predicted octanol–water partition coefficient (Wildman–Crippen LogP) is 3.26. The Morgan fingerprint density at radius 1 is 1.08 bits per heavy atom. The van der Waals surface area contributed by atoms with Gasteiger partial charge in [0, 0.05) is 32.8 Å². The molecule has 0 atom stereocenters. The van der Waals surface area contributed by atoms with Gasteiger partial charge < -0.3 is 20.1 Å². The minimum Gasteiger partial charge on any atom is -0.489 e. The molecule has 0 spiro atoms. The zero-order chi connectivity index (χ0) is 18.6. The fraction of sp³-hybridized carbons (Fsp3) is 0.286. The maximum Gasteiger partial charge on any atom is 0.191 e. The van der Waals surface area contributed by atoms with Crippen molar-refractivity contribution in [3.05, 3.63) is 77.9 Å². The fourth-order valence-corrected chi connectivity index (χ4v) is 2.52. The Labute approximate surface area is 155 Å². The van der Waals surface area contributed by atoms with E-state index in [1.54, 1.807) is 20.2 Å². The molecule has 0 heterocycles. The Kier molecular flexibility index (Phi) is 8.23. The van der Waals surface area contributed by atoms with Gasteiger partial charge in [-0.15, -0.1) is 0 Å². The van der Waals surface area contributed by atoms with Crippen molar-refractivity contribution in [3.63, 3.8) is 0 Å². The van der Waals surface area contributed by atoms with E-state index in [0.717, 1.165) is 22.8 Å². The zero-order valence-corrected chi connectivity index (χ0v) is 15.5. The van der Waals surface area contributed by atoms with Crippen LogP contribution in [-0.2, 0) is 24.4 Å². The molecular formula is C21H27N3O2. The number of hydrogen-bond donors (Lipinski definition) is 2. The molecule has 0 aliphatic rings. The number of para-hydroxylation sites is 1. The normalized spacial score (nSPS) is 11.1. The zero-order valence-electron chi connectivity index (χ0n) is 15.5. The van der Waals surface area contributed by atoms with Gasteiger partial charge in [0.1, 0.15) is 12.4 Å². The molecule has 5 nitrogen and oxygen atoms in total. The van der Waals surface area contributed by atoms with Crippen LogP contribution in [0.15, 0.2) is 66.2 Å². The van der Waals surface area contributed by atoms with Crippen molar-refractivity contribution in [1.82, 2.24) is 10.6 Å². The molecule has 0 amide bonds. The van der Waals surface area contributed by atoms with E-state index in [-0.39, 0.29) is 0 Å². The molecule has 0 saturated carbocycles. The van der Waals surface area contributed by atoms with Crippen LogP contribution in [0.4, 0.5) is 0 Å². The van der Waals surface area contributed by atoms with Crippen molar-refractivity contribution in [3.8, 4) is 5.75 Å². The lowest BCUT2D eigenvalue weighted by molar-refractivity contribution is 0.185. The second-order valence-electron chi connectivity index (χ2n) is 5.74. The highest BCUT2D eigenvalue weighted by molar-refractivity contribution is 5.79. The molecule has 5 heteroatoms. The van der Waals surface area contributed by atoms with Crippen LogP contribution in [0.2, 0.25) is 0 Å². The Hall–Kier alpha value is -2.79. The van der Waals surface area contributed by atoms with Crippen molar-refractivity contribution >= 4 is 5.96 Å². The SMILES string of the molecule is C=CCOc1ccccc1CNC(=NC)NCc1cccc(COC)c1. The van der Waals surface area contributed by atoms with Crippen LogP contribution in [0.5, 0.6) is 5.75 Å². The highest BCUT2D eigenvalue weighted by Crippen LogP contribution is 2.17. The second kappa shape index (κ2) is 10.9. The molecule has 0 fully saturated rings. The summed E-state index contributed by atoms with van der Waals surface area (Å²) in [5, 5.41) is 6.65. The topological polar surface area (TPSA) is 54.9 Å². The molecular weight excluding hydrogens is 326 g/mol. The summed E-state index contributed by atoms with van der Waals surface area (Å²) in [4.78, 5) is 4.28. The molecule has 0 unspecified atom stereocenters. The summed E-state index contributed by atoms with van der Waals surface area (Å²) in [6.07, 6.45) is 1.74. The van der Waals surface area contributed by atoms with Crippen molar-refractivity contribution in [2.24, 2.45) is 4.99 Å². The average molecular weight is 353 g/mol. The van der Waals surface area contributed by atoms with Gasteiger partial charge in [0.15, 0.2) is 5.96 Å². The summed E-state index contributed by atoms with van der Waals surface area (Å²) in [6.45, 7) is 6.10. The summed E-state index contributed by atoms with van der Waals surface area (Å²) < 4.78 is 10.9. The predicted molar refractivity (Wildman–Crippen MR) is 106 cm³/mol. The van der Waals surface area contributed by atoms with Crippen LogP contribution >= 0.6 is 0 Å². The van der Waals surface area contributed by atoms with Gasteiger partial charge in [-0.1, -0.05) is 55.1 Å². The Morgan fingerprint density at radius 3 is 2.62 bits per heavy atom. The Bertz CT molecular complexity index is 729. The van der Waals surface area contributed by atoms with Crippen LogP contribution < -0.4 is 15.4 Å². The first kappa shape index (κ1) is 19.5. The number of ether oxygens (including phenoxy) is 2. The third-order valence-corrected chi connectivity index (χ3v) is 3.76. The van der Waals surface area contributed by atoms with E-state index < -0.39 is 0 Å². The highest BCUT2D eigenvalue weighted by atomic mass is 16.5. The molecule has 2 aromatic carbocycles. The van der Waals surface area contributed by atoms with E-state index in [9.17, 15) is 0 Å². The molecule has 0 radical (unpaired) electrons. The molecule has 0 bridgehead atoms. The molecule has 26 heavy (non-hydrogen) atoms. The van der Waals surface area contributed by atoms with Gasteiger partial charge in [-0.2, -0.15) is 0 Å². The van der Waals surface area contributed by atoms with Crippen LogP contribution in [-0.4, -0.2) is 26.7 Å². The lowest BCUT2D eigenvalue weighted by Gasteiger charge is -2.14. The minimum atomic E-state index is 0.488. The standard InChI is InChI=1S/C21H27N3O2/c1-4-12-26-20-11-6-5-10-19(20)15-24-21(22-2)23-14-17-8-7-9-18(13-17)16-25-3/h4-11,13H,1,12,14-16H2,2-3H3,(H2,22,23,24). The Balaban J connectivity index is 1.90. The first-order valence-electron chi connectivity index (χ1n) is 8.59. The molecule has 2 aromatic rings. The number of methoxy groups -OCH3 is 1. The van der Waals surface area contributed by atoms with Crippen LogP contribution in [0, 0.1) is 0 Å². The van der Waals surface area contributed by atoms with Gasteiger partial charge in [0.05, 0.1) is 6.61 Å². The quantitative estimate of drug-likeness (QED) is 0.413. The van der Waals surface area contributed by atoms with Crippen molar-refractivity contribution in [1.29, 1.82) is 0 Å². The molecule has 0 aliphatic heterocycles. The van der Waals surface area contributed by atoms with Gasteiger partial charge in [-0.05, 0) is 17.2 Å². The summed E-state index contributed by atoms with van der Waals surface area (Å²) in [7, 11) is 3.46. The van der Waals surface area contributed by atoms with Crippen LogP contribution in [0.3, 0.4) is 0 Å². The summed E-state index contributed by atoms with van der Waals surface area (Å²) in [5.41, 5.74) is 3.40. The molecule has 2 rings (SSSR count). The van der Waals surface area contributed by atoms with E-state index in [1.165, 1.54) is 5.56 Å². The maximum absolute atomic E-state index is 5.69. The summed E-state index contributed by atoms with van der Waals surface area (Å²) >= 11 is 0. The van der Waals surface area contributed by atoms with E-state index in [2.05, 4.69) is 40.4 Å². The van der Waals surface area contributed by atoms with Gasteiger partial charge in [0.25, 0.3) is 0 Å². The monoisotopic (exact) mass is 353 g/mol. The molecule has 0 saturated heterocycles. The third kappa shape index (κ3) is 6.26. The smallest absolute Gasteiger partial charge is 0.191 e. The molecule has 2 N–H and O–H groups in total. The molecule has 0 aliphatic carbocycles. The van der Waals surface area contributed by atoms with E-state index in [1.807, 2.05) is 30.3 Å². The highest BCUT2D eigenvalue weighted by Gasteiger charge is 2.04. The molecule has 0 aromatic heterocycles. The lowest BCUT2D eigenvalue weighted by Crippen LogP contribution is -2.36. The van der Waals surface area contributed by atoms with Crippen molar-refractivity contribution < 1.29 is 9.47 Å². The minimum absolute atomic E-state index is 0.488. The second-order valence-corrected chi connectivity index (χ2v) is 5.74. The molecule has 138 valence electrons. The summed E-state index contributed by atoms with van der Waals surface area (Å²) in [5.74, 6) is 1.59. The number of hydrogen-bond acceptors (Lipinski definition) is 3. The lowest BCUT2D eigenvalue weighted by atomic mass is 10.1. The average Bonchev–Trinajstić information content (AvgIpc) is 2.68. The first-order valence-corrected chi connectivity index (χ1v) is 8.59. The van der Waals surface area contributed by atoms with Gasteiger partial charge in [-0.25, -0.2) is 0 Å². The van der Waals surface area contributed by atoms with E-state index in [0.29, 0.717) is 26.3 Å². The van der Waals surface area contributed by atoms with Crippen LogP contribution in [0.1, 0.15) is 16.7 Å². The number of nitrogens with zero attached hydrogens (tertiary/aromatic N) is 1. The first-order chi connectivity index (χ1) is 12.8. The largest absolute Gasteiger partial charge is 0.489 e. The summed E-state index contributed by atoms with van der Waals surface area (Å²) in [6, 6.07) is 16.2. The van der Waals surface area contributed by atoms with Crippen LogP contribution in [0.25, 0.3) is 0 Å². The third-order valence-electron chi connectivity index (χ3n) is 3.76. The van der Waals surface area contributed by atoms with Crippen molar-refractivity contribution in [2.75, 3.05) is 20.8 Å². The fourth-order valence-electron chi connectivity index (χ4n) is 2.52. The number of aliphatic imine (C=N–C) groups is 1. The number of guanidine groups is 1. The van der Waals surface area contributed by atoms with Gasteiger partial charge in [-0.3, -0.25) is 4.99 Å². The number of nitrogens with one attached hydrogen (secondary N) is 2. The van der Waals surface area contributed by atoms with Gasteiger partial charge in [0.2, 0.25) is 0 Å². The number of benzene rings is 2.